The third-order valence-corrected chi connectivity index (χ3v) is 5.84. The first kappa shape index (κ1) is 21.1. The van der Waals surface area contributed by atoms with E-state index in [9.17, 15) is 9.59 Å². The van der Waals surface area contributed by atoms with Crippen molar-refractivity contribution in [2.45, 2.75) is 26.2 Å². The molecule has 0 spiro atoms. The van der Waals surface area contributed by atoms with E-state index in [2.05, 4.69) is 29.9 Å². The van der Waals surface area contributed by atoms with E-state index in [-0.39, 0.29) is 11.8 Å². The van der Waals surface area contributed by atoms with Crippen molar-refractivity contribution < 1.29 is 9.59 Å². The Morgan fingerprint density at radius 1 is 1.14 bits per heavy atom. The van der Waals surface area contributed by atoms with Crippen molar-refractivity contribution in [3.63, 3.8) is 0 Å². The van der Waals surface area contributed by atoms with Crippen molar-refractivity contribution in [3.05, 3.63) is 70.6 Å². The quantitative estimate of drug-likeness (QED) is 0.374. The molecule has 0 radical (unpaired) electrons. The largest absolute Gasteiger partial charge is 0.299 e. The Kier molecular flexibility index (Phi) is 7.43. The molecule has 0 aromatic heterocycles. The van der Waals surface area contributed by atoms with Crippen molar-refractivity contribution in [1.29, 1.82) is 0 Å². The van der Waals surface area contributed by atoms with Gasteiger partial charge < -0.3 is 0 Å². The first-order valence-electron chi connectivity index (χ1n) is 9.51. The number of hydrazine groups is 1. The Morgan fingerprint density at radius 2 is 1.86 bits per heavy atom. The van der Waals surface area contributed by atoms with E-state index in [1.54, 1.807) is 4.90 Å². The average Bonchev–Trinajstić information content (AvgIpc) is 3.01. The molecule has 1 fully saturated rings. The smallest absolute Gasteiger partial charge is 0.266 e. The van der Waals surface area contributed by atoms with E-state index in [1.165, 1.54) is 17.3 Å². The monoisotopic (exact) mass is 425 g/mol. The minimum Gasteiger partial charge on any atom is -0.299 e. The average molecular weight is 426 g/mol. The van der Waals surface area contributed by atoms with E-state index in [0.29, 0.717) is 28.6 Å². The molecular weight excluding hydrogens is 402 g/mol. The number of thiocarbonyl (C=S) groups is 1. The molecule has 0 aliphatic carbocycles. The molecule has 1 heterocycles. The summed E-state index contributed by atoms with van der Waals surface area (Å²) in [5, 5.41) is 0. The zero-order chi connectivity index (χ0) is 20.6. The molecule has 1 aliphatic heterocycles. The van der Waals surface area contributed by atoms with Gasteiger partial charge in [-0.05, 0) is 42.2 Å². The van der Waals surface area contributed by atoms with Crippen molar-refractivity contribution in [2.24, 2.45) is 0 Å². The maximum absolute atomic E-state index is 12.7. The predicted molar refractivity (Wildman–Crippen MR) is 123 cm³/mol. The number of aryl methyl sites for hydroxylation is 1. The van der Waals surface area contributed by atoms with E-state index >= 15 is 0 Å². The van der Waals surface area contributed by atoms with Gasteiger partial charge in [-0.3, -0.25) is 25.3 Å². The summed E-state index contributed by atoms with van der Waals surface area (Å²) >= 11 is 6.67. The van der Waals surface area contributed by atoms with Crippen LogP contribution in [0.2, 0.25) is 0 Å². The molecule has 2 N–H and O–H groups in total. The molecule has 29 heavy (non-hydrogen) atoms. The fourth-order valence-electron chi connectivity index (χ4n) is 2.82. The number of anilines is 1. The highest BCUT2D eigenvalue weighted by Gasteiger charge is 2.31. The number of carbonyl (C=O) groups is 2. The van der Waals surface area contributed by atoms with Crippen LogP contribution in [-0.2, 0) is 16.0 Å². The first-order valence-corrected chi connectivity index (χ1v) is 10.7. The zero-order valence-electron chi connectivity index (χ0n) is 16.2. The Morgan fingerprint density at radius 3 is 2.55 bits per heavy atom. The molecule has 2 aromatic carbocycles. The number of carbonyl (C=O) groups excluding carboxylic acids is 2. The van der Waals surface area contributed by atoms with E-state index in [1.807, 2.05) is 48.5 Å². The van der Waals surface area contributed by atoms with Crippen molar-refractivity contribution >= 4 is 51.9 Å². The van der Waals surface area contributed by atoms with E-state index in [4.69, 9.17) is 12.2 Å². The molecule has 0 bridgehead atoms. The van der Waals surface area contributed by atoms with Crippen LogP contribution in [0.1, 0.15) is 30.9 Å². The van der Waals surface area contributed by atoms with Crippen molar-refractivity contribution in [1.82, 2.24) is 10.3 Å². The van der Waals surface area contributed by atoms with Gasteiger partial charge in [-0.25, -0.2) is 0 Å². The number of nitrogens with zero attached hydrogens (tertiary/aromatic N) is 1. The second-order valence-corrected chi connectivity index (χ2v) is 8.25. The van der Waals surface area contributed by atoms with Crippen LogP contribution in [-0.4, -0.2) is 27.6 Å². The summed E-state index contributed by atoms with van der Waals surface area (Å²) in [6, 6.07) is 17.5. The van der Waals surface area contributed by atoms with Crippen LogP contribution in [0.25, 0.3) is 6.08 Å². The Hall–Kier alpha value is -2.64. The van der Waals surface area contributed by atoms with Crippen LogP contribution < -0.4 is 10.9 Å². The minimum absolute atomic E-state index is 0.0950. The summed E-state index contributed by atoms with van der Waals surface area (Å²) in [4.78, 5) is 26.8. The highest BCUT2D eigenvalue weighted by molar-refractivity contribution is 8.26. The number of rotatable bonds is 8. The highest BCUT2D eigenvalue weighted by atomic mass is 32.2. The number of nitrogens with one attached hydrogen (secondary N) is 2. The summed E-state index contributed by atoms with van der Waals surface area (Å²) in [5.74, 6) is -0.228. The first-order chi connectivity index (χ1) is 14.1. The third kappa shape index (κ3) is 5.92. The van der Waals surface area contributed by atoms with Crippen LogP contribution in [0.3, 0.4) is 0 Å². The number of thioether (sulfide) groups is 1. The normalized spacial score (nSPS) is 15.1. The van der Waals surface area contributed by atoms with Crippen LogP contribution in [0.5, 0.6) is 0 Å². The maximum atomic E-state index is 12.7. The number of hydrogen-bond donors (Lipinski definition) is 2. The van der Waals surface area contributed by atoms with Crippen molar-refractivity contribution in [3.8, 4) is 0 Å². The van der Waals surface area contributed by atoms with Gasteiger partial charge in [0.25, 0.3) is 5.91 Å². The lowest BCUT2D eigenvalue weighted by Gasteiger charge is -2.14. The summed E-state index contributed by atoms with van der Waals surface area (Å²) in [7, 11) is 0. The topological polar surface area (TPSA) is 61.4 Å². The number of hydrogen-bond acceptors (Lipinski definition) is 5. The molecule has 150 valence electrons. The van der Waals surface area contributed by atoms with Gasteiger partial charge in [0.05, 0.1) is 10.6 Å². The standard InChI is InChI=1S/C22H23N3O2S2/c1-2-16-10-12-17(13-11-16)15-19-21(27)25(22(28)29-19)14-6-9-20(26)24-23-18-7-4-3-5-8-18/h3-5,7-8,10-13,15,23H,2,6,9,14H2,1H3,(H,24,26)/b19-15-. The van der Waals surface area contributed by atoms with Crippen LogP contribution in [0.15, 0.2) is 59.5 Å². The van der Waals surface area contributed by atoms with Crippen LogP contribution >= 0.6 is 24.0 Å². The SMILES string of the molecule is CCc1ccc(/C=C2\SC(=S)N(CCCC(=O)NNc3ccccc3)C2=O)cc1. The molecule has 7 heteroatoms. The minimum atomic E-state index is -0.133. The molecule has 1 aliphatic rings. The molecule has 5 nitrogen and oxygen atoms in total. The van der Waals surface area contributed by atoms with Gasteiger partial charge in [-0.15, -0.1) is 0 Å². The predicted octanol–water partition coefficient (Wildman–Crippen LogP) is 4.37. The molecule has 0 atom stereocenters. The van der Waals surface area contributed by atoms with Crippen LogP contribution in [0, 0.1) is 0 Å². The van der Waals surface area contributed by atoms with Gasteiger partial charge in [-0.1, -0.05) is 73.4 Å². The third-order valence-electron chi connectivity index (χ3n) is 4.46. The Balaban J connectivity index is 1.48. The summed E-state index contributed by atoms with van der Waals surface area (Å²) < 4.78 is 0.536. The van der Waals surface area contributed by atoms with Gasteiger partial charge in [0.1, 0.15) is 4.32 Å². The summed E-state index contributed by atoms with van der Waals surface area (Å²) in [6.45, 7) is 2.54. The van der Waals surface area contributed by atoms with Crippen LogP contribution in [0.4, 0.5) is 5.69 Å². The molecule has 0 unspecified atom stereocenters. The van der Waals surface area contributed by atoms with Gasteiger partial charge >= 0.3 is 0 Å². The van der Waals surface area contributed by atoms with E-state index in [0.717, 1.165) is 17.7 Å². The molecule has 0 saturated carbocycles. The zero-order valence-corrected chi connectivity index (χ0v) is 17.8. The molecular formula is C22H23N3O2S2. The molecule has 2 aromatic rings. The van der Waals surface area contributed by atoms with E-state index < -0.39 is 0 Å². The van der Waals surface area contributed by atoms with Gasteiger partial charge in [0.2, 0.25) is 5.91 Å². The second kappa shape index (κ2) is 10.2. The van der Waals surface area contributed by atoms with Gasteiger partial charge in [0, 0.05) is 13.0 Å². The molecule has 2 amide bonds. The lowest BCUT2D eigenvalue weighted by atomic mass is 10.1. The Bertz CT molecular complexity index is 911. The number of benzene rings is 2. The highest BCUT2D eigenvalue weighted by Crippen LogP contribution is 2.32. The second-order valence-electron chi connectivity index (χ2n) is 6.57. The molecule has 3 rings (SSSR count). The lowest BCUT2D eigenvalue weighted by molar-refractivity contribution is -0.123. The fraction of sp³-hybridized carbons (Fsp3) is 0.227. The maximum Gasteiger partial charge on any atom is 0.266 e. The molecule has 1 saturated heterocycles. The number of amides is 2. The fourth-order valence-corrected chi connectivity index (χ4v) is 4.13. The number of para-hydroxylation sites is 1. The van der Waals surface area contributed by atoms with Crippen molar-refractivity contribution in [2.75, 3.05) is 12.0 Å². The lowest BCUT2D eigenvalue weighted by Crippen LogP contribution is -2.32. The van der Waals surface area contributed by atoms with Gasteiger partial charge in [0.15, 0.2) is 0 Å². The Labute approximate surface area is 180 Å². The van der Waals surface area contributed by atoms with Gasteiger partial charge in [-0.2, -0.15) is 0 Å². The summed E-state index contributed by atoms with van der Waals surface area (Å²) in [6.07, 6.45) is 3.69. The summed E-state index contributed by atoms with van der Waals surface area (Å²) in [5.41, 5.74) is 8.57.